The van der Waals surface area contributed by atoms with Gasteiger partial charge < -0.3 is 10.2 Å². The summed E-state index contributed by atoms with van der Waals surface area (Å²) in [4.78, 5) is 13.4. The van der Waals surface area contributed by atoms with Gasteiger partial charge in [-0.15, -0.1) is 0 Å². The Labute approximate surface area is 80.5 Å². The fraction of sp³-hybridized carbons (Fsp3) is 0.900. The van der Waals surface area contributed by atoms with Crippen molar-refractivity contribution in [3.63, 3.8) is 0 Å². The monoisotopic (exact) mass is 184 g/mol. The van der Waals surface area contributed by atoms with Gasteiger partial charge in [-0.2, -0.15) is 0 Å². The van der Waals surface area contributed by atoms with Crippen molar-refractivity contribution in [1.29, 1.82) is 0 Å². The molecule has 1 heterocycles. The van der Waals surface area contributed by atoms with Crippen LogP contribution in [0, 0.1) is 5.92 Å². The highest BCUT2D eigenvalue weighted by Gasteiger charge is 2.23. The largest absolute Gasteiger partial charge is 0.340 e. The summed E-state index contributed by atoms with van der Waals surface area (Å²) < 4.78 is 0. The molecule has 1 saturated heterocycles. The third-order valence-corrected chi connectivity index (χ3v) is 2.67. The number of hydrogen-bond acceptors (Lipinski definition) is 2. The minimum atomic E-state index is 0.284. The first-order valence-electron chi connectivity index (χ1n) is 5.16. The molecule has 0 aliphatic carbocycles. The van der Waals surface area contributed by atoms with E-state index in [1.54, 1.807) is 0 Å². The second-order valence-corrected chi connectivity index (χ2v) is 4.00. The maximum Gasteiger partial charge on any atom is 0.222 e. The van der Waals surface area contributed by atoms with Crippen LogP contribution in [-0.4, -0.2) is 36.5 Å². The van der Waals surface area contributed by atoms with Gasteiger partial charge in [0.25, 0.3) is 0 Å². The minimum Gasteiger partial charge on any atom is -0.340 e. The molecule has 0 aromatic carbocycles. The van der Waals surface area contributed by atoms with Crippen molar-refractivity contribution in [3.8, 4) is 0 Å². The number of nitrogens with one attached hydrogen (secondary N) is 1. The summed E-state index contributed by atoms with van der Waals surface area (Å²) in [5, 5.41) is 3.43. The van der Waals surface area contributed by atoms with Crippen LogP contribution in [-0.2, 0) is 4.79 Å². The first kappa shape index (κ1) is 10.5. The quantitative estimate of drug-likeness (QED) is 0.690. The minimum absolute atomic E-state index is 0.284. The summed E-state index contributed by atoms with van der Waals surface area (Å²) in [5.41, 5.74) is 0. The van der Waals surface area contributed by atoms with Crippen LogP contribution in [0.4, 0.5) is 0 Å². The van der Waals surface area contributed by atoms with Gasteiger partial charge in [-0.1, -0.05) is 20.8 Å². The lowest BCUT2D eigenvalue weighted by molar-refractivity contribution is -0.132. The number of hydrogen-bond donors (Lipinski definition) is 1. The Morgan fingerprint density at radius 1 is 1.62 bits per heavy atom. The Morgan fingerprint density at radius 3 is 2.85 bits per heavy atom. The Morgan fingerprint density at radius 2 is 2.31 bits per heavy atom. The fourth-order valence-corrected chi connectivity index (χ4v) is 1.67. The Bertz CT molecular complexity index is 180. The molecule has 76 valence electrons. The Kier molecular flexibility index (Phi) is 3.72. The maximum atomic E-state index is 11.4. The SMILES string of the molecule is CCC(=O)N1CCN[C@@H](C(C)C)C1. The smallest absolute Gasteiger partial charge is 0.222 e. The molecule has 1 aliphatic rings. The number of carbonyl (C=O) groups excluding carboxylic acids is 1. The maximum absolute atomic E-state index is 11.4. The molecule has 0 aromatic heterocycles. The molecular weight excluding hydrogens is 164 g/mol. The van der Waals surface area contributed by atoms with Crippen molar-refractivity contribution in [1.82, 2.24) is 10.2 Å². The van der Waals surface area contributed by atoms with Crippen molar-refractivity contribution in [3.05, 3.63) is 0 Å². The van der Waals surface area contributed by atoms with Gasteiger partial charge in [0.1, 0.15) is 0 Å². The zero-order chi connectivity index (χ0) is 9.84. The van der Waals surface area contributed by atoms with Gasteiger partial charge in [0.15, 0.2) is 0 Å². The third kappa shape index (κ3) is 2.69. The summed E-state index contributed by atoms with van der Waals surface area (Å²) in [6.45, 7) is 9.00. The highest BCUT2D eigenvalue weighted by Crippen LogP contribution is 2.08. The highest BCUT2D eigenvalue weighted by molar-refractivity contribution is 5.75. The summed E-state index contributed by atoms with van der Waals surface area (Å²) in [5.74, 6) is 0.889. The molecule has 1 fully saturated rings. The molecule has 0 spiro atoms. The lowest BCUT2D eigenvalue weighted by Crippen LogP contribution is -2.54. The summed E-state index contributed by atoms with van der Waals surface area (Å²) in [7, 11) is 0. The van der Waals surface area contributed by atoms with E-state index in [0.717, 1.165) is 19.6 Å². The molecule has 3 nitrogen and oxygen atoms in total. The summed E-state index contributed by atoms with van der Waals surface area (Å²) >= 11 is 0. The summed E-state index contributed by atoms with van der Waals surface area (Å²) in [6, 6.07) is 0.476. The van der Waals surface area contributed by atoms with Crippen LogP contribution in [0.3, 0.4) is 0 Å². The Balaban J connectivity index is 2.46. The summed E-state index contributed by atoms with van der Waals surface area (Å²) in [6.07, 6.45) is 0.630. The molecule has 0 saturated carbocycles. The predicted octanol–water partition coefficient (Wildman–Crippen LogP) is 0.853. The van der Waals surface area contributed by atoms with E-state index in [-0.39, 0.29) is 5.91 Å². The Hall–Kier alpha value is -0.570. The van der Waals surface area contributed by atoms with Gasteiger partial charge in [-0.05, 0) is 5.92 Å². The van der Waals surface area contributed by atoms with Crippen molar-refractivity contribution < 1.29 is 4.79 Å². The lowest BCUT2D eigenvalue weighted by Gasteiger charge is -2.35. The van der Waals surface area contributed by atoms with Crippen LogP contribution in [0.2, 0.25) is 0 Å². The van der Waals surface area contributed by atoms with E-state index < -0.39 is 0 Å². The predicted molar refractivity (Wildman–Crippen MR) is 53.5 cm³/mol. The van der Waals surface area contributed by atoms with E-state index in [0.29, 0.717) is 18.4 Å². The van der Waals surface area contributed by atoms with Gasteiger partial charge in [0.2, 0.25) is 5.91 Å². The van der Waals surface area contributed by atoms with Crippen molar-refractivity contribution >= 4 is 5.91 Å². The fourth-order valence-electron chi connectivity index (χ4n) is 1.67. The second kappa shape index (κ2) is 4.61. The zero-order valence-corrected chi connectivity index (χ0v) is 8.84. The van der Waals surface area contributed by atoms with E-state index >= 15 is 0 Å². The molecule has 0 bridgehead atoms. The number of nitrogens with zero attached hydrogens (tertiary/aromatic N) is 1. The zero-order valence-electron chi connectivity index (χ0n) is 8.84. The molecule has 1 atom stereocenters. The topological polar surface area (TPSA) is 32.3 Å². The second-order valence-electron chi connectivity index (χ2n) is 4.00. The van der Waals surface area contributed by atoms with Crippen LogP contribution in [0.1, 0.15) is 27.2 Å². The molecular formula is C10H20N2O. The van der Waals surface area contributed by atoms with E-state index in [1.807, 2.05) is 11.8 Å². The molecule has 1 rings (SSSR count). The van der Waals surface area contributed by atoms with Gasteiger partial charge in [0.05, 0.1) is 0 Å². The van der Waals surface area contributed by atoms with Crippen LogP contribution >= 0.6 is 0 Å². The lowest BCUT2D eigenvalue weighted by atomic mass is 10.0. The van der Waals surface area contributed by atoms with Crippen molar-refractivity contribution in [2.75, 3.05) is 19.6 Å². The van der Waals surface area contributed by atoms with Gasteiger partial charge >= 0.3 is 0 Å². The van der Waals surface area contributed by atoms with Crippen LogP contribution < -0.4 is 5.32 Å². The van der Waals surface area contributed by atoms with E-state index in [9.17, 15) is 4.79 Å². The molecule has 1 amide bonds. The molecule has 0 unspecified atom stereocenters. The van der Waals surface area contributed by atoms with Gasteiger partial charge in [-0.3, -0.25) is 4.79 Å². The van der Waals surface area contributed by atoms with Crippen LogP contribution in [0.25, 0.3) is 0 Å². The van der Waals surface area contributed by atoms with Crippen molar-refractivity contribution in [2.45, 2.75) is 33.2 Å². The van der Waals surface area contributed by atoms with E-state index in [4.69, 9.17) is 0 Å². The van der Waals surface area contributed by atoms with Gasteiger partial charge in [0, 0.05) is 32.1 Å². The highest BCUT2D eigenvalue weighted by atomic mass is 16.2. The number of amides is 1. The third-order valence-electron chi connectivity index (χ3n) is 2.67. The molecule has 13 heavy (non-hydrogen) atoms. The van der Waals surface area contributed by atoms with Crippen molar-refractivity contribution in [2.24, 2.45) is 5.92 Å². The number of rotatable bonds is 2. The van der Waals surface area contributed by atoms with Gasteiger partial charge in [-0.25, -0.2) is 0 Å². The standard InChI is InChI=1S/C10H20N2O/c1-4-10(13)12-6-5-11-9(7-12)8(2)3/h8-9,11H,4-7H2,1-3H3/t9-/m1/s1. The average molecular weight is 184 g/mol. The van der Waals surface area contributed by atoms with E-state index in [1.165, 1.54) is 0 Å². The molecule has 1 aliphatic heterocycles. The number of piperazine rings is 1. The van der Waals surface area contributed by atoms with Crippen LogP contribution in [0.15, 0.2) is 0 Å². The number of carbonyl (C=O) groups is 1. The molecule has 3 heteroatoms. The normalized spacial score (nSPS) is 23.7. The molecule has 1 N–H and O–H groups in total. The van der Waals surface area contributed by atoms with Crippen LogP contribution in [0.5, 0.6) is 0 Å². The first-order chi connectivity index (χ1) is 6.15. The molecule has 0 radical (unpaired) electrons. The average Bonchev–Trinajstić information content (AvgIpc) is 2.17. The molecule has 0 aromatic rings. The first-order valence-corrected chi connectivity index (χ1v) is 5.16. The van der Waals surface area contributed by atoms with E-state index in [2.05, 4.69) is 19.2 Å².